The van der Waals surface area contributed by atoms with Crippen molar-refractivity contribution in [3.05, 3.63) is 64.5 Å². The lowest BCUT2D eigenvalue weighted by atomic mass is 10.0. The summed E-state index contributed by atoms with van der Waals surface area (Å²) in [4.78, 5) is 40.4. The predicted octanol–water partition coefficient (Wildman–Crippen LogP) is 2.00. The number of morpholine rings is 1. The van der Waals surface area contributed by atoms with Crippen molar-refractivity contribution in [3.8, 4) is 5.75 Å². The average Bonchev–Trinajstić information content (AvgIpc) is 3.09. The Kier molecular flexibility index (Phi) is 4.58. The lowest BCUT2D eigenvalue weighted by Crippen LogP contribution is -2.52. The normalized spacial score (nSPS) is 28.0. The largest absolute Gasteiger partial charge is 0.488 e. The van der Waals surface area contributed by atoms with Crippen molar-refractivity contribution < 1.29 is 36.5 Å². The standard InChI is InChI=1S/C25H26FN3O5/c26-20-12-16(13-28-8-10-33-11-9-28)4-5-17(20)15-34-22-3-1-2-18-19(22)14-29(25(18)32)21-6-7-23(30)27-24(21)31/h1-5,12,21H,6-11,13-15H2,(H,27,30,31)/i6D2,7D2,14D2. The van der Waals surface area contributed by atoms with Crippen molar-refractivity contribution in [3.63, 3.8) is 0 Å². The van der Waals surface area contributed by atoms with Gasteiger partial charge in [-0.3, -0.25) is 24.6 Å². The molecule has 3 heterocycles. The monoisotopic (exact) mass is 473 g/mol. The number of hydrogen-bond acceptors (Lipinski definition) is 6. The van der Waals surface area contributed by atoms with Crippen molar-refractivity contribution >= 4 is 17.7 Å². The molecule has 9 heteroatoms. The summed E-state index contributed by atoms with van der Waals surface area (Å²) in [7, 11) is 0. The van der Waals surface area contributed by atoms with Crippen molar-refractivity contribution in [1.82, 2.24) is 15.1 Å². The highest BCUT2D eigenvalue weighted by Gasteiger charge is 2.40. The Hall–Kier alpha value is -3.30. The fourth-order valence-electron chi connectivity index (χ4n) is 4.00. The molecule has 0 aromatic heterocycles. The van der Waals surface area contributed by atoms with Crippen LogP contribution in [0.15, 0.2) is 36.4 Å². The summed E-state index contributed by atoms with van der Waals surface area (Å²) < 4.78 is 75.6. The maximum absolute atomic E-state index is 14.9. The molecule has 2 saturated heterocycles. The van der Waals surface area contributed by atoms with Crippen LogP contribution in [0.3, 0.4) is 0 Å². The molecular formula is C25H26FN3O5. The Balaban J connectivity index is 1.40. The van der Waals surface area contributed by atoms with Crippen LogP contribution in [0.4, 0.5) is 4.39 Å². The predicted molar refractivity (Wildman–Crippen MR) is 119 cm³/mol. The SMILES string of the molecule is [2H]C1([2H])c2c(OCc3ccc(CN4CCOCC4)cc3F)cccc2C(=O)N1C1C(=O)NC(=O)C([2H])([2H])C1([2H])[2H]. The molecular weight excluding hydrogens is 441 g/mol. The van der Waals surface area contributed by atoms with E-state index in [1.165, 1.54) is 24.3 Å². The van der Waals surface area contributed by atoms with Crippen molar-refractivity contribution in [2.45, 2.75) is 38.4 Å². The van der Waals surface area contributed by atoms with E-state index in [2.05, 4.69) is 4.90 Å². The van der Waals surface area contributed by atoms with E-state index in [1.54, 1.807) is 17.4 Å². The molecule has 0 bridgehead atoms. The third-order valence-electron chi connectivity index (χ3n) is 5.78. The number of amides is 3. The number of carbonyl (C=O) groups is 3. The average molecular weight is 474 g/mol. The molecule has 0 saturated carbocycles. The third kappa shape index (κ3) is 4.53. The van der Waals surface area contributed by atoms with Crippen LogP contribution in [0.1, 0.15) is 48.0 Å². The van der Waals surface area contributed by atoms with Gasteiger partial charge in [-0.2, -0.15) is 0 Å². The van der Waals surface area contributed by atoms with Gasteiger partial charge < -0.3 is 14.4 Å². The number of nitrogens with one attached hydrogen (secondary N) is 1. The quantitative estimate of drug-likeness (QED) is 0.646. The molecule has 0 aliphatic carbocycles. The Morgan fingerprint density at radius 2 is 2.00 bits per heavy atom. The van der Waals surface area contributed by atoms with Crippen molar-refractivity contribution in [2.24, 2.45) is 0 Å². The zero-order valence-electron chi connectivity index (χ0n) is 24.1. The lowest BCUT2D eigenvalue weighted by Gasteiger charge is -2.29. The molecule has 1 unspecified atom stereocenters. The molecule has 0 radical (unpaired) electrons. The fourth-order valence-corrected chi connectivity index (χ4v) is 4.00. The van der Waals surface area contributed by atoms with Gasteiger partial charge in [0.2, 0.25) is 11.8 Å². The Bertz CT molecular complexity index is 1380. The molecule has 1 N–H and O–H groups in total. The van der Waals surface area contributed by atoms with E-state index >= 15 is 0 Å². The molecule has 2 aromatic carbocycles. The zero-order chi connectivity index (χ0) is 29.0. The second-order valence-corrected chi connectivity index (χ2v) is 8.06. The Labute approximate surface area is 205 Å². The number of hydrogen-bond donors (Lipinski definition) is 1. The second kappa shape index (κ2) is 9.52. The molecule has 0 spiro atoms. The number of ether oxygens (including phenoxy) is 2. The molecule has 3 aliphatic heterocycles. The van der Waals surface area contributed by atoms with Gasteiger partial charge in [0.25, 0.3) is 5.91 Å². The third-order valence-corrected chi connectivity index (χ3v) is 5.78. The van der Waals surface area contributed by atoms with Gasteiger partial charge in [-0.15, -0.1) is 0 Å². The van der Waals surface area contributed by atoms with Crippen LogP contribution in [0.5, 0.6) is 5.75 Å². The number of nitrogens with zero attached hydrogens (tertiary/aromatic N) is 2. The van der Waals surface area contributed by atoms with Crippen LogP contribution >= 0.6 is 0 Å². The summed E-state index contributed by atoms with van der Waals surface area (Å²) in [5.41, 5.74) is 0.398. The van der Waals surface area contributed by atoms with Gasteiger partial charge in [0.05, 0.1) is 22.5 Å². The van der Waals surface area contributed by atoms with Gasteiger partial charge in [0.1, 0.15) is 24.2 Å². The summed E-state index contributed by atoms with van der Waals surface area (Å²) in [6, 6.07) is 6.42. The Morgan fingerprint density at radius 1 is 1.18 bits per heavy atom. The summed E-state index contributed by atoms with van der Waals surface area (Å²) in [6.07, 6.45) is -6.49. The van der Waals surface area contributed by atoms with E-state index in [0.717, 1.165) is 18.7 Å². The first-order chi connectivity index (χ1) is 18.8. The molecule has 8 nitrogen and oxygen atoms in total. The first kappa shape index (κ1) is 16.3. The van der Waals surface area contributed by atoms with Crippen LogP contribution in [0, 0.1) is 5.82 Å². The van der Waals surface area contributed by atoms with Gasteiger partial charge >= 0.3 is 0 Å². The number of halogens is 1. The van der Waals surface area contributed by atoms with E-state index in [0.29, 0.717) is 24.7 Å². The first-order valence-electron chi connectivity index (χ1n) is 13.8. The van der Waals surface area contributed by atoms with E-state index in [1.807, 2.05) is 0 Å². The van der Waals surface area contributed by atoms with Crippen LogP contribution in [0.2, 0.25) is 0 Å². The summed E-state index contributed by atoms with van der Waals surface area (Å²) in [6.45, 7) is 0.122. The van der Waals surface area contributed by atoms with E-state index in [-0.39, 0.29) is 29.0 Å². The maximum Gasteiger partial charge on any atom is 0.255 e. The second-order valence-electron chi connectivity index (χ2n) is 8.06. The topological polar surface area (TPSA) is 88.2 Å². The Morgan fingerprint density at radius 3 is 2.79 bits per heavy atom. The highest BCUT2D eigenvalue weighted by molar-refractivity contribution is 6.05. The summed E-state index contributed by atoms with van der Waals surface area (Å²) in [5, 5.41) is 1.70. The van der Waals surface area contributed by atoms with Crippen LogP contribution in [0.25, 0.3) is 0 Å². The summed E-state index contributed by atoms with van der Waals surface area (Å²) >= 11 is 0. The van der Waals surface area contributed by atoms with Gasteiger partial charge in [-0.05, 0) is 30.1 Å². The number of carbonyl (C=O) groups excluding carboxylic acids is 3. The highest BCUT2D eigenvalue weighted by atomic mass is 19.1. The number of piperidine rings is 1. The first-order valence-corrected chi connectivity index (χ1v) is 10.8. The zero-order valence-corrected chi connectivity index (χ0v) is 18.1. The van der Waals surface area contributed by atoms with Gasteiger partial charge in [-0.25, -0.2) is 4.39 Å². The smallest absolute Gasteiger partial charge is 0.255 e. The van der Waals surface area contributed by atoms with Crippen LogP contribution in [-0.2, 0) is 34.0 Å². The minimum Gasteiger partial charge on any atom is -0.488 e. The minimum absolute atomic E-state index is 0.133. The minimum atomic E-state index is -3.26. The van der Waals surface area contributed by atoms with Gasteiger partial charge in [-0.1, -0.05) is 18.2 Å². The maximum atomic E-state index is 14.9. The molecule has 2 fully saturated rings. The molecule has 178 valence electrons. The molecule has 2 aromatic rings. The van der Waals surface area contributed by atoms with Crippen LogP contribution in [-0.4, -0.2) is 59.9 Å². The molecule has 5 rings (SSSR count). The number of imide groups is 1. The highest BCUT2D eigenvalue weighted by Crippen LogP contribution is 2.34. The van der Waals surface area contributed by atoms with E-state index < -0.39 is 48.8 Å². The number of rotatable bonds is 6. The van der Waals surface area contributed by atoms with Crippen molar-refractivity contribution in [2.75, 3.05) is 26.3 Å². The molecule has 34 heavy (non-hydrogen) atoms. The summed E-state index contributed by atoms with van der Waals surface area (Å²) in [5.74, 6) is -4.62. The molecule has 3 aliphatic rings. The number of fused-ring (bicyclic) bond motifs is 1. The van der Waals surface area contributed by atoms with E-state index in [9.17, 15) is 18.8 Å². The fraction of sp³-hybridized carbons (Fsp3) is 0.400. The van der Waals surface area contributed by atoms with Gasteiger partial charge in [0, 0.05) is 48.2 Å². The molecule has 3 amide bonds. The van der Waals surface area contributed by atoms with Crippen LogP contribution < -0.4 is 10.1 Å². The molecule has 1 atom stereocenters. The lowest BCUT2D eigenvalue weighted by molar-refractivity contribution is -0.136. The van der Waals surface area contributed by atoms with E-state index in [4.69, 9.17) is 17.7 Å². The van der Waals surface area contributed by atoms with Gasteiger partial charge in [0.15, 0.2) is 0 Å². The van der Waals surface area contributed by atoms with Crippen molar-refractivity contribution in [1.29, 1.82) is 0 Å². The number of benzene rings is 2.